The van der Waals surface area contributed by atoms with Crippen LogP contribution in [0.25, 0.3) is 0 Å². The molecule has 1 saturated heterocycles. The van der Waals surface area contributed by atoms with E-state index in [1.54, 1.807) is 18.3 Å². The molecule has 0 aliphatic carbocycles. The predicted octanol–water partition coefficient (Wildman–Crippen LogP) is 4.46. The highest BCUT2D eigenvalue weighted by molar-refractivity contribution is 14.0. The van der Waals surface area contributed by atoms with Crippen LogP contribution in [0.5, 0.6) is 5.75 Å². The minimum atomic E-state index is -0.311. The number of aromatic nitrogens is 1. The van der Waals surface area contributed by atoms with E-state index in [1.807, 2.05) is 6.07 Å². The first-order valence-electron chi connectivity index (χ1n) is 11.3. The molecule has 2 N–H and O–H groups in total. The Labute approximate surface area is 213 Å². The largest absolute Gasteiger partial charge is 0.494 e. The summed E-state index contributed by atoms with van der Waals surface area (Å²) in [5, 5.41) is 6.85. The number of benzene rings is 1. The number of likely N-dealkylation sites (tertiary alicyclic amines) is 1. The highest BCUT2D eigenvalue weighted by Crippen LogP contribution is 2.23. The van der Waals surface area contributed by atoms with Crippen molar-refractivity contribution in [3.05, 3.63) is 47.4 Å². The minimum absolute atomic E-state index is 0. The molecule has 1 aliphatic heterocycles. The summed E-state index contributed by atoms with van der Waals surface area (Å²) >= 11 is 0. The van der Waals surface area contributed by atoms with Crippen molar-refractivity contribution in [3.8, 4) is 5.75 Å². The lowest BCUT2D eigenvalue weighted by atomic mass is 9.94. The second-order valence-electron chi connectivity index (χ2n) is 9.23. The average Bonchev–Trinajstić information content (AvgIpc) is 3.23. The number of guanidine groups is 1. The van der Waals surface area contributed by atoms with Crippen molar-refractivity contribution in [1.82, 2.24) is 20.5 Å². The average molecular weight is 573 g/mol. The van der Waals surface area contributed by atoms with Crippen molar-refractivity contribution in [2.24, 2.45) is 4.99 Å². The molecule has 33 heavy (non-hydrogen) atoms. The maximum atomic E-state index is 14.0. The molecule has 1 fully saturated rings. The molecule has 0 spiro atoms. The zero-order valence-electron chi connectivity index (χ0n) is 20.3. The van der Waals surface area contributed by atoms with Crippen molar-refractivity contribution >= 4 is 29.9 Å². The highest BCUT2D eigenvalue weighted by Gasteiger charge is 2.21. The van der Waals surface area contributed by atoms with Crippen LogP contribution in [0.1, 0.15) is 57.8 Å². The van der Waals surface area contributed by atoms with Crippen molar-refractivity contribution in [3.63, 3.8) is 0 Å². The first-order chi connectivity index (χ1) is 15.3. The van der Waals surface area contributed by atoms with Gasteiger partial charge in [-0.05, 0) is 37.5 Å². The maximum Gasteiger partial charge on any atom is 0.216 e. The number of nitrogens with zero attached hydrogens (tertiary/aromatic N) is 3. The van der Waals surface area contributed by atoms with Gasteiger partial charge >= 0.3 is 0 Å². The van der Waals surface area contributed by atoms with E-state index in [0.29, 0.717) is 18.5 Å². The molecule has 1 aliphatic rings. The number of methoxy groups -OCH3 is 1. The van der Waals surface area contributed by atoms with Crippen molar-refractivity contribution in [2.45, 2.75) is 65.1 Å². The van der Waals surface area contributed by atoms with Gasteiger partial charge in [-0.25, -0.2) is 14.4 Å². The van der Waals surface area contributed by atoms with Gasteiger partial charge in [0.05, 0.1) is 13.3 Å². The van der Waals surface area contributed by atoms with Gasteiger partial charge in [0.25, 0.3) is 0 Å². The van der Waals surface area contributed by atoms with Crippen LogP contribution in [-0.4, -0.2) is 48.6 Å². The van der Waals surface area contributed by atoms with E-state index in [0.717, 1.165) is 56.3 Å². The molecule has 0 bridgehead atoms. The summed E-state index contributed by atoms with van der Waals surface area (Å²) in [5.41, 5.74) is 0.897. The summed E-state index contributed by atoms with van der Waals surface area (Å²) in [6.07, 6.45) is 3.78. The molecule has 0 atom stereocenters. The zero-order chi connectivity index (χ0) is 23.1. The Balaban J connectivity index is 0.00000385. The molecule has 9 heteroatoms. The summed E-state index contributed by atoms with van der Waals surface area (Å²) in [4.78, 5) is 11.4. The molecule has 0 radical (unpaired) electrons. The lowest BCUT2D eigenvalue weighted by Crippen LogP contribution is -2.48. The van der Waals surface area contributed by atoms with E-state index in [1.165, 1.54) is 7.11 Å². The van der Waals surface area contributed by atoms with Crippen LogP contribution in [-0.2, 0) is 18.5 Å². The summed E-state index contributed by atoms with van der Waals surface area (Å²) in [7, 11) is 1.48. The van der Waals surface area contributed by atoms with Crippen molar-refractivity contribution < 1.29 is 13.5 Å². The molecule has 1 aromatic heterocycles. The molecule has 184 valence electrons. The normalized spacial score (nSPS) is 15.8. The van der Waals surface area contributed by atoms with Gasteiger partial charge in [-0.2, -0.15) is 0 Å². The van der Waals surface area contributed by atoms with Crippen LogP contribution in [0.3, 0.4) is 0 Å². The van der Waals surface area contributed by atoms with E-state index in [9.17, 15) is 4.39 Å². The van der Waals surface area contributed by atoms with Crippen LogP contribution in [0.4, 0.5) is 4.39 Å². The lowest BCUT2D eigenvalue weighted by Gasteiger charge is -2.33. The number of rotatable bonds is 7. The fourth-order valence-electron chi connectivity index (χ4n) is 3.69. The van der Waals surface area contributed by atoms with E-state index in [4.69, 9.17) is 9.15 Å². The second-order valence-corrected chi connectivity index (χ2v) is 9.23. The summed E-state index contributed by atoms with van der Waals surface area (Å²) in [6.45, 7) is 12.2. The third-order valence-corrected chi connectivity index (χ3v) is 5.56. The van der Waals surface area contributed by atoms with Crippen molar-refractivity contribution in [1.29, 1.82) is 0 Å². The molecule has 2 heterocycles. The predicted molar refractivity (Wildman–Crippen MR) is 140 cm³/mol. The smallest absolute Gasteiger partial charge is 0.216 e. The van der Waals surface area contributed by atoms with Gasteiger partial charge in [-0.1, -0.05) is 26.8 Å². The first kappa shape index (κ1) is 27.4. The second kappa shape index (κ2) is 12.5. The van der Waals surface area contributed by atoms with Crippen LogP contribution >= 0.6 is 24.0 Å². The fraction of sp³-hybridized carbons (Fsp3) is 0.583. The van der Waals surface area contributed by atoms with E-state index in [-0.39, 0.29) is 41.0 Å². The highest BCUT2D eigenvalue weighted by atomic mass is 127. The molecule has 0 unspecified atom stereocenters. The summed E-state index contributed by atoms with van der Waals surface area (Å²) in [5.74, 6) is 2.23. The quantitative estimate of drug-likeness (QED) is 0.290. The Morgan fingerprint density at radius 2 is 2.03 bits per heavy atom. The topological polar surface area (TPSA) is 74.9 Å². The van der Waals surface area contributed by atoms with Gasteiger partial charge in [0.15, 0.2) is 17.5 Å². The van der Waals surface area contributed by atoms with Gasteiger partial charge in [-0.3, -0.25) is 4.90 Å². The Morgan fingerprint density at radius 1 is 1.30 bits per heavy atom. The molecular weight excluding hydrogens is 536 g/mol. The third kappa shape index (κ3) is 8.13. The van der Waals surface area contributed by atoms with E-state index in [2.05, 4.69) is 53.2 Å². The third-order valence-electron chi connectivity index (χ3n) is 5.56. The molecule has 1 aromatic carbocycles. The number of hydrogen-bond acceptors (Lipinski definition) is 5. The van der Waals surface area contributed by atoms with E-state index < -0.39 is 0 Å². The monoisotopic (exact) mass is 573 g/mol. The number of halogens is 2. The van der Waals surface area contributed by atoms with Gasteiger partial charge in [0, 0.05) is 37.6 Å². The van der Waals surface area contributed by atoms with Gasteiger partial charge in [0.2, 0.25) is 5.89 Å². The Morgan fingerprint density at radius 3 is 2.61 bits per heavy atom. The number of aliphatic imine (C=N–C) groups is 1. The molecule has 3 rings (SSSR count). The standard InChI is InChI=1S/C24H36FN5O2.HI/c1-6-26-23(28-15-22-27-14-21(32-22)24(2,3)4)29-18-9-11-30(12-10-18)16-17-7-8-20(31-5)19(25)13-17;/h7-8,13-14,18H,6,9-12,15-16H2,1-5H3,(H2,26,28,29);1H. The van der Waals surface area contributed by atoms with Gasteiger partial charge in [-0.15, -0.1) is 24.0 Å². The number of ether oxygens (including phenoxy) is 1. The van der Waals surface area contributed by atoms with Crippen LogP contribution < -0.4 is 15.4 Å². The van der Waals surface area contributed by atoms with Crippen molar-refractivity contribution in [2.75, 3.05) is 26.7 Å². The number of hydrogen-bond donors (Lipinski definition) is 2. The Kier molecular flexibility index (Phi) is 10.4. The lowest BCUT2D eigenvalue weighted by molar-refractivity contribution is 0.198. The summed E-state index contributed by atoms with van der Waals surface area (Å²) in [6, 6.07) is 5.52. The fourth-order valence-corrected chi connectivity index (χ4v) is 3.69. The number of nitrogens with one attached hydrogen (secondary N) is 2. The first-order valence-corrected chi connectivity index (χ1v) is 11.3. The molecule has 0 saturated carbocycles. The van der Waals surface area contributed by atoms with Gasteiger partial charge < -0.3 is 19.8 Å². The molecule has 7 nitrogen and oxygen atoms in total. The number of piperidine rings is 1. The molecular formula is C24H37FIN5O2. The Bertz CT molecular complexity index is 904. The van der Waals surface area contributed by atoms with E-state index >= 15 is 0 Å². The SMILES string of the molecule is CCNC(=NCc1ncc(C(C)(C)C)o1)NC1CCN(Cc2ccc(OC)c(F)c2)CC1.I. The minimum Gasteiger partial charge on any atom is -0.494 e. The van der Waals surface area contributed by atoms with Gasteiger partial charge in [0.1, 0.15) is 12.3 Å². The van der Waals surface area contributed by atoms with Crippen LogP contribution in [0.2, 0.25) is 0 Å². The zero-order valence-corrected chi connectivity index (χ0v) is 22.6. The van der Waals surface area contributed by atoms with Crippen LogP contribution in [0, 0.1) is 5.82 Å². The maximum absolute atomic E-state index is 14.0. The Hall–Kier alpha value is -1.88. The number of oxazole rings is 1. The van der Waals surface area contributed by atoms with Crippen LogP contribution in [0.15, 0.2) is 33.8 Å². The summed E-state index contributed by atoms with van der Waals surface area (Å²) < 4.78 is 24.8. The molecule has 0 amide bonds. The molecule has 2 aromatic rings.